The molecule has 2 nitrogen and oxygen atoms in total. The molecule has 0 unspecified atom stereocenters. The van der Waals surface area contributed by atoms with Crippen LogP contribution < -0.4 is 0 Å². The van der Waals surface area contributed by atoms with Gasteiger partial charge in [-0.15, -0.1) is 22.7 Å². The molecule has 0 saturated heterocycles. The zero-order valence-electron chi connectivity index (χ0n) is 26.3. The molecule has 0 amide bonds. The molecule has 50 heavy (non-hydrogen) atoms. The Kier molecular flexibility index (Phi) is 5.22. The van der Waals surface area contributed by atoms with Gasteiger partial charge in [0.05, 0.1) is 0 Å². The Balaban J connectivity index is 1.21. The van der Waals surface area contributed by atoms with Crippen LogP contribution in [0.25, 0.3) is 106 Å². The zero-order chi connectivity index (χ0) is 32.5. The summed E-state index contributed by atoms with van der Waals surface area (Å²) in [5.74, 6) is 7.43. The number of thiophene rings is 2. The third-order valence-corrected chi connectivity index (χ3v) is 12.7. The summed E-state index contributed by atoms with van der Waals surface area (Å²) >= 11 is 3.67. The predicted octanol–water partition coefficient (Wildman–Crippen LogP) is 13.9. The maximum Gasteiger partial charge on any atom is 0.144 e. The standard InChI is InChI=1S/C46H22O2S2/c1-5-13-37-33(11-1)41-25(23-35-29(43(41)47-37)19-21-31-27-9-3-7-15-39(27)49-45(31)35)17-18-26-24-36-30(44-42(26)34-12-2-6-14-38(34)48-44)20-22-32-28-10-4-8-16-40(28)50-46(32)36/h1-16,19-24H. The van der Waals surface area contributed by atoms with E-state index in [-0.39, 0.29) is 0 Å². The van der Waals surface area contributed by atoms with Crippen LogP contribution in [-0.4, -0.2) is 0 Å². The number of rotatable bonds is 0. The average molecular weight is 671 g/mol. The van der Waals surface area contributed by atoms with Crippen LogP contribution in [0.5, 0.6) is 0 Å². The van der Waals surface area contributed by atoms with Crippen molar-refractivity contribution in [3.63, 3.8) is 0 Å². The molecule has 0 fully saturated rings. The van der Waals surface area contributed by atoms with E-state index in [1.165, 1.54) is 51.1 Å². The Labute approximate surface area is 292 Å². The van der Waals surface area contributed by atoms with Crippen molar-refractivity contribution >= 4 is 128 Å². The maximum atomic E-state index is 6.65. The molecule has 0 atom stereocenters. The van der Waals surface area contributed by atoms with Crippen molar-refractivity contribution in [2.75, 3.05) is 0 Å². The van der Waals surface area contributed by atoms with E-state index in [2.05, 4.69) is 133 Å². The van der Waals surface area contributed by atoms with Gasteiger partial charge in [0.15, 0.2) is 0 Å². The Morgan fingerprint density at radius 1 is 0.360 bits per heavy atom. The molecular formula is C46H22O2S2. The molecule has 0 aliphatic rings. The first kappa shape index (κ1) is 26.8. The van der Waals surface area contributed by atoms with Crippen molar-refractivity contribution in [2.24, 2.45) is 0 Å². The van der Waals surface area contributed by atoms with Crippen LogP contribution in [0.15, 0.2) is 142 Å². The number of hydrogen-bond donors (Lipinski definition) is 0. The molecule has 12 aromatic rings. The Bertz CT molecular complexity index is 3270. The van der Waals surface area contributed by atoms with Crippen LogP contribution in [0.2, 0.25) is 0 Å². The largest absolute Gasteiger partial charge is 0.455 e. The highest BCUT2D eigenvalue weighted by Crippen LogP contribution is 2.45. The second kappa shape index (κ2) is 9.74. The van der Waals surface area contributed by atoms with Crippen LogP contribution in [0.4, 0.5) is 0 Å². The van der Waals surface area contributed by atoms with E-state index >= 15 is 0 Å². The van der Waals surface area contributed by atoms with Gasteiger partial charge in [-0.3, -0.25) is 0 Å². The topological polar surface area (TPSA) is 26.3 Å². The first-order valence-corrected chi connectivity index (χ1v) is 18.3. The van der Waals surface area contributed by atoms with Crippen LogP contribution in [-0.2, 0) is 0 Å². The van der Waals surface area contributed by atoms with E-state index in [1.54, 1.807) is 0 Å². The highest BCUT2D eigenvalue weighted by atomic mass is 32.1. The van der Waals surface area contributed by atoms with Crippen molar-refractivity contribution in [1.29, 1.82) is 0 Å². The van der Waals surface area contributed by atoms with Crippen molar-refractivity contribution in [3.8, 4) is 11.8 Å². The van der Waals surface area contributed by atoms with Gasteiger partial charge in [0.25, 0.3) is 0 Å². The molecule has 0 saturated carbocycles. The molecule has 0 N–H and O–H groups in total. The molecule has 4 aromatic heterocycles. The van der Waals surface area contributed by atoms with Crippen LogP contribution in [0, 0.1) is 11.8 Å². The number of benzene rings is 8. The van der Waals surface area contributed by atoms with E-state index in [0.717, 1.165) is 65.8 Å². The summed E-state index contributed by atoms with van der Waals surface area (Å²) < 4.78 is 18.4. The van der Waals surface area contributed by atoms with Gasteiger partial charge in [0, 0.05) is 94.6 Å². The zero-order valence-corrected chi connectivity index (χ0v) is 28.0. The van der Waals surface area contributed by atoms with Crippen molar-refractivity contribution in [1.82, 2.24) is 0 Å². The summed E-state index contributed by atoms with van der Waals surface area (Å²) in [7, 11) is 0. The van der Waals surface area contributed by atoms with E-state index in [0.29, 0.717) is 0 Å². The molecule has 230 valence electrons. The van der Waals surface area contributed by atoms with Gasteiger partial charge in [-0.05, 0) is 48.5 Å². The Morgan fingerprint density at radius 3 is 1.24 bits per heavy atom. The lowest BCUT2D eigenvalue weighted by Gasteiger charge is -2.05. The van der Waals surface area contributed by atoms with Gasteiger partial charge in [-0.1, -0.05) is 96.8 Å². The Morgan fingerprint density at radius 2 is 0.760 bits per heavy atom. The van der Waals surface area contributed by atoms with Gasteiger partial charge in [0.2, 0.25) is 0 Å². The lowest BCUT2D eigenvalue weighted by atomic mass is 9.97. The van der Waals surface area contributed by atoms with Crippen LogP contribution in [0.1, 0.15) is 11.1 Å². The predicted molar refractivity (Wildman–Crippen MR) is 214 cm³/mol. The van der Waals surface area contributed by atoms with Gasteiger partial charge >= 0.3 is 0 Å². The lowest BCUT2D eigenvalue weighted by molar-refractivity contribution is 0.672. The molecule has 0 bridgehead atoms. The summed E-state index contributed by atoms with van der Waals surface area (Å²) in [6.07, 6.45) is 0. The van der Waals surface area contributed by atoms with E-state index < -0.39 is 0 Å². The fourth-order valence-corrected chi connectivity index (χ4v) is 10.5. The lowest BCUT2D eigenvalue weighted by Crippen LogP contribution is -1.84. The molecule has 8 aromatic carbocycles. The number of para-hydroxylation sites is 2. The molecule has 0 radical (unpaired) electrons. The molecule has 4 heteroatoms. The second-order valence-electron chi connectivity index (χ2n) is 13.0. The minimum atomic E-state index is 0.871. The Hall–Kier alpha value is -6.12. The smallest absolute Gasteiger partial charge is 0.144 e. The first-order valence-electron chi connectivity index (χ1n) is 16.7. The molecule has 12 rings (SSSR count). The van der Waals surface area contributed by atoms with E-state index in [9.17, 15) is 0 Å². The van der Waals surface area contributed by atoms with Crippen LogP contribution >= 0.6 is 22.7 Å². The summed E-state index contributed by atoms with van der Waals surface area (Å²) in [6, 6.07) is 47.5. The number of hydrogen-bond acceptors (Lipinski definition) is 4. The highest BCUT2D eigenvalue weighted by Gasteiger charge is 2.20. The van der Waals surface area contributed by atoms with Gasteiger partial charge in [-0.2, -0.15) is 0 Å². The molecule has 0 aliphatic heterocycles. The first-order chi connectivity index (χ1) is 24.8. The molecule has 0 spiro atoms. The van der Waals surface area contributed by atoms with Crippen molar-refractivity contribution < 1.29 is 8.83 Å². The van der Waals surface area contributed by atoms with Gasteiger partial charge in [0.1, 0.15) is 22.3 Å². The second-order valence-corrected chi connectivity index (χ2v) is 15.1. The van der Waals surface area contributed by atoms with Gasteiger partial charge < -0.3 is 8.83 Å². The number of fused-ring (bicyclic) bond motifs is 18. The van der Waals surface area contributed by atoms with Crippen LogP contribution in [0.3, 0.4) is 0 Å². The SMILES string of the molecule is C(#Cc1cc2c(ccc3c4ccccc4sc32)c2oc3ccccc3c12)c1cc2c(ccc3c4ccccc4sc32)c2oc3ccccc3c12. The molecule has 0 aliphatic carbocycles. The number of furan rings is 2. The van der Waals surface area contributed by atoms with Crippen molar-refractivity contribution in [2.45, 2.75) is 0 Å². The maximum absolute atomic E-state index is 6.65. The third kappa shape index (κ3) is 3.53. The highest BCUT2D eigenvalue weighted by molar-refractivity contribution is 7.27. The fourth-order valence-electron chi connectivity index (χ4n) is 8.07. The van der Waals surface area contributed by atoms with Crippen molar-refractivity contribution in [3.05, 3.63) is 145 Å². The minimum Gasteiger partial charge on any atom is -0.455 e. The summed E-state index contributed by atoms with van der Waals surface area (Å²) in [5, 5.41) is 13.9. The van der Waals surface area contributed by atoms with Gasteiger partial charge in [-0.25, -0.2) is 0 Å². The van der Waals surface area contributed by atoms with E-state index in [4.69, 9.17) is 8.83 Å². The molecular weight excluding hydrogens is 649 g/mol. The summed E-state index contributed by atoms with van der Waals surface area (Å²) in [6.45, 7) is 0. The summed E-state index contributed by atoms with van der Waals surface area (Å²) in [4.78, 5) is 0. The minimum absolute atomic E-state index is 0.871. The van der Waals surface area contributed by atoms with E-state index in [1.807, 2.05) is 34.8 Å². The molecule has 4 heterocycles. The average Bonchev–Trinajstić information content (AvgIpc) is 3.94. The third-order valence-electron chi connectivity index (χ3n) is 10.3. The summed E-state index contributed by atoms with van der Waals surface area (Å²) in [5.41, 5.74) is 5.44. The quantitative estimate of drug-likeness (QED) is 0.150. The monoisotopic (exact) mass is 670 g/mol. The fraction of sp³-hybridized carbons (Fsp3) is 0. The normalized spacial score (nSPS) is 12.2.